The Bertz CT molecular complexity index is 627. The molecule has 0 aliphatic heterocycles. The van der Waals surface area contributed by atoms with Crippen molar-refractivity contribution < 1.29 is 0 Å². The summed E-state index contributed by atoms with van der Waals surface area (Å²) in [4.78, 5) is 8.42. The van der Waals surface area contributed by atoms with Crippen molar-refractivity contribution in [2.24, 2.45) is 0 Å². The lowest BCUT2D eigenvalue weighted by molar-refractivity contribution is 0.902. The van der Waals surface area contributed by atoms with E-state index < -0.39 is 0 Å². The van der Waals surface area contributed by atoms with Gasteiger partial charge in [0.2, 0.25) is 0 Å². The van der Waals surface area contributed by atoms with Crippen LogP contribution in [0.2, 0.25) is 0 Å². The zero-order chi connectivity index (χ0) is 12.2. The molecule has 0 atom stereocenters. The third-order valence-corrected chi connectivity index (χ3v) is 2.79. The standard InChI is InChI=1S/C13H13N5/c1-2-4-11-10(3-1)12(5-7-14-11)15-8-6-13-16-9-17-18-13/h1-5,7,9H,6,8H2,(H,14,15)(H,16,17,18). The number of fused-ring (bicyclic) bond motifs is 1. The van der Waals surface area contributed by atoms with E-state index >= 15 is 0 Å². The first-order valence-corrected chi connectivity index (χ1v) is 5.85. The molecule has 18 heavy (non-hydrogen) atoms. The van der Waals surface area contributed by atoms with Gasteiger partial charge in [-0.1, -0.05) is 18.2 Å². The quantitative estimate of drug-likeness (QED) is 0.731. The van der Waals surface area contributed by atoms with E-state index in [1.54, 1.807) is 0 Å². The van der Waals surface area contributed by atoms with Crippen molar-refractivity contribution >= 4 is 16.6 Å². The Morgan fingerprint density at radius 3 is 2.94 bits per heavy atom. The van der Waals surface area contributed by atoms with Gasteiger partial charge in [0, 0.05) is 30.2 Å². The average molecular weight is 239 g/mol. The van der Waals surface area contributed by atoms with Crippen LogP contribution in [0.25, 0.3) is 10.9 Å². The maximum absolute atomic E-state index is 4.33. The lowest BCUT2D eigenvalue weighted by atomic mass is 10.2. The summed E-state index contributed by atoms with van der Waals surface area (Å²) in [6.45, 7) is 0.809. The normalized spacial score (nSPS) is 10.7. The van der Waals surface area contributed by atoms with E-state index in [0.717, 1.165) is 35.4 Å². The summed E-state index contributed by atoms with van der Waals surface area (Å²) in [6, 6.07) is 10.1. The molecule has 0 bridgehead atoms. The predicted octanol–water partition coefficient (Wildman–Crippen LogP) is 2.01. The van der Waals surface area contributed by atoms with Gasteiger partial charge in [-0.2, -0.15) is 5.10 Å². The van der Waals surface area contributed by atoms with Crippen molar-refractivity contribution in [3.8, 4) is 0 Å². The number of nitrogens with zero attached hydrogens (tertiary/aromatic N) is 3. The fourth-order valence-electron chi connectivity index (χ4n) is 1.92. The Morgan fingerprint density at radius 2 is 2.06 bits per heavy atom. The minimum atomic E-state index is 0.809. The molecule has 1 aromatic carbocycles. The fraction of sp³-hybridized carbons (Fsp3) is 0.154. The van der Waals surface area contributed by atoms with Crippen molar-refractivity contribution in [1.82, 2.24) is 20.2 Å². The van der Waals surface area contributed by atoms with Crippen LogP contribution in [0, 0.1) is 0 Å². The smallest absolute Gasteiger partial charge is 0.137 e. The molecule has 2 aromatic heterocycles. The highest BCUT2D eigenvalue weighted by molar-refractivity contribution is 5.90. The lowest BCUT2D eigenvalue weighted by Crippen LogP contribution is -2.06. The Balaban J connectivity index is 1.74. The van der Waals surface area contributed by atoms with Crippen LogP contribution in [-0.4, -0.2) is 26.7 Å². The maximum atomic E-state index is 4.33. The topological polar surface area (TPSA) is 66.5 Å². The summed E-state index contributed by atoms with van der Waals surface area (Å²) >= 11 is 0. The number of H-pyrrole nitrogens is 1. The van der Waals surface area contributed by atoms with Crippen LogP contribution in [0.5, 0.6) is 0 Å². The molecule has 3 rings (SSSR count). The second-order valence-electron chi connectivity index (χ2n) is 3.98. The summed E-state index contributed by atoms with van der Waals surface area (Å²) in [7, 11) is 0. The first-order chi connectivity index (χ1) is 8.93. The van der Waals surface area contributed by atoms with Gasteiger partial charge in [0.15, 0.2) is 0 Å². The molecule has 0 saturated carbocycles. The van der Waals surface area contributed by atoms with Gasteiger partial charge >= 0.3 is 0 Å². The molecule has 2 N–H and O–H groups in total. The summed E-state index contributed by atoms with van der Waals surface area (Å²) < 4.78 is 0. The Kier molecular flexibility index (Phi) is 2.87. The number of hydrogen-bond donors (Lipinski definition) is 2. The van der Waals surface area contributed by atoms with Gasteiger partial charge in [0.1, 0.15) is 12.2 Å². The molecule has 0 spiro atoms. The van der Waals surface area contributed by atoms with Crippen LogP contribution in [0.4, 0.5) is 5.69 Å². The van der Waals surface area contributed by atoms with Crippen LogP contribution < -0.4 is 5.32 Å². The molecule has 0 aliphatic rings. The van der Waals surface area contributed by atoms with Crippen LogP contribution in [0.1, 0.15) is 5.82 Å². The predicted molar refractivity (Wildman–Crippen MR) is 70.3 cm³/mol. The molecule has 0 amide bonds. The number of anilines is 1. The second kappa shape index (κ2) is 4.83. The first-order valence-electron chi connectivity index (χ1n) is 5.85. The number of aromatic amines is 1. The minimum Gasteiger partial charge on any atom is -0.384 e. The van der Waals surface area contributed by atoms with E-state index in [4.69, 9.17) is 0 Å². The SMILES string of the molecule is c1ccc2c(NCCc3ncn[nH]3)ccnc2c1. The van der Waals surface area contributed by atoms with Crippen LogP contribution >= 0.6 is 0 Å². The first kappa shape index (κ1) is 10.7. The zero-order valence-electron chi connectivity index (χ0n) is 9.80. The number of nitrogens with one attached hydrogen (secondary N) is 2. The second-order valence-corrected chi connectivity index (χ2v) is 3.98. The highest BCUT2D eigenvalue weighted by Gasteiger charge is 2.01. The van der Waals surface area contributed by atoms with Gasteiger partial charge in [-0.05, 0) is 12.1 Å². The fourth-order valence-corrected chi connectivity index (χ4v) is 1.92. The highest BCUT2D eigenvalue weighted by Crippen LogP contribution is 2.20. The van der Waals surface area contributed by atoms with Crippen molar-refractivity contribution in [2.45, 2.75) is 6.42 Å². The molecule has 90 valence electrons. The molecule has 5 heteroatoms. The number of para-hydroxylation sites is 1. The molecule has 3 aromatic rings. The van der Waals surface area contributed by atoms with Crippen molar-refractivity contribution in [2.75, 3.05) is 11.9 Å². The largest absolute Gasteiger partial charge is 0.384 e. The number of benzene rings is 1. The number of hydrogen-bond acceptors (Lipinski definition) is 4. The number of rotatable bonds is 4. The number of aromatic nitrogens is 4. The van der Waals surface area contributed by atoms with E-state index in [9.17, 15) is 0 Å². The van der Waals surface area contributed by atoms with Crippen LogP contribution in [0.3, 0.4) is 0 Å². The van der Waals surface area contributed by atoms with Crippen LogP contribution in [0.15, 0.2) is 42.9 Å². The van der Waals surface area contributed by atoms with Gasteiger partial charge in [-0.15, -0.1) is 0 Å². The summed E-state index contributed by atoms with van der Waals surface area (Å²) in [5.74, 6) is 0.890. The van der Waals surface area contributed by atoms with Crippen molar-refractivity contribution in [3.05, 3.63) is 48.7 Å². The molecule has 0 radical (unpaired) electrons. The molecule has 2 heterocycles. The molecule has 0 aliphatic carbocycles. The van der Waals surface area contributed by atoms with E-state index in [2.05, 4.69) is 31.5 Å². The van der Waals surface area contributed by atoms with Gasteiger partial charge in [0.05, 0.1) is 5.52 Å². The van der Waals surface area contributed by atoms with E-state index in [1.807, 2.05) is 30.5 Å². The molecule has 0 fully saturated rings. The Labute approximate surface area is 104 Å². The maximum Gasteiger partial charge on any atom is 0.137 e. The van der Waals surface area contributed by atoms with Crippen molar-refractivity contribution in [1.29, 1.82) is 0 Å². The Hall–Kier alpha value is -2.43. The van der Waals surface area contributed by atoms with Crippen molar-refractivity contribution in [3.63, 3.8) is 0 Å². The summed E-state index contributed by atoms with van der Waals surface area (Å²) in [5, 5.41) is 11.2. The molecular weight excluding hydrogens is 226 g/mol. The third-order valence-electron chi connectivity index (χ3n) is 2.79. The molecule has 5 nitrogen and oxygen atoms in total. The van der Waals surface area contributed by atoms with Gasteiger partial charge < -0.3 is 5.32 Å². The van der Waals surface area contributed by atoms with Gasteiger partial charge in [-0.25, -0.2) is 4.98 Å². The van der Waals surface area contributed by atoms with E-state index in [-0.39, 0.29) is 0 Å². The van der Waals surface area contributed by atoms with E-state index in [0.29, 0.717) is 0 Å². The van der Waals surface area contributed by atoms with Crippen LogP contribution in [-0.2, 0) is 6.42 Å². The monoisotopic (exact) mass is 239 g/mol. The van der Waals surface area contributed by atoms with Gasteiger partial charge in [-0.3, -0.25) is 10.1 Å². The highest BCUT2D eigenvalue weighted by atomic mass is 15.2. The van der Waals surface area contributed by atoms with Gasteiger partial charge in [0.25, 0.3) is 0 Å². The summed E-state index contributed by atoms with van der Waals surface area (Å²) in [5.41, 5.74) is 2.10. The minimum absolute atomic E-state index is 0.809. The average Bonchev–Trinajstić information content (AvgIpc) is 2.92. The Morgan fingerprint density at radius 1 is 1.11 bits per heavy atom. The van der Waals surface area contributed by atoms with E-state index in [1.165, 1.54) is 6.33 Å². The number of pyridine rings is 1. The zero-order valence-corrected chi connectivity index (χ0v) is 9.80. The summed E-state index contributed by atoms with van der Waals surface area (Å²) in [6.07, 6.45) is 4.16. The third kappa shape index (κ3) is 2.15. The molecule has 0 unspecified atom stereocenters. The lowest BCUT2D eigenvalue weighted by Gasteiger charge is -2.08. The molecule has 0 saturated heterocycles. The molecular formula is C13H13N5.